The molecule has 2 aromatic rings. The van der Waals surface area contributed by atoms with Crippen LogP contribution in [0.3, 0.4) is 0 Å². The molecular weight excluding hydrogens is 440 g/mol. The summed E-state index contributed by atoms with van der Waals surface area (Å²) in [6.45, 7) is 6.55. The van der Waals surface area contributed by atoms with Crippen molar-refractivity contribution in [3.63, 3.8) is 0 Å². The molecule has 1 aromatic carbocycles. The Bertz CT molecular complexity index is 1020. The van der Waals surface area contributed by atoms with Crippen molar-refractivity contribution < 1.29 is 22.7 Å². The van der Waals surface area contributed by atoms with Crippen molar-refractivity contribution >= 4 is 33.4 Å². The van der Waals surface area contributed by atoms with E-state index in [1.165, 1.54) is 28.2 Å². The molecule has 1 aliphatic rings. The van der Waals surface area contributed by atoms with Gasteiger partial charge in [0.15, 0.2) is 5.16 Å². The molecule has 1 fully saturated rings. The average molecular weight is 469 g/mol. The Morgan fingerprint density at radius 1 is 1.29 bits per heavy atom. The minimum Gasteiger partial charge on any atom is -0.383 e. The number of rotatable bonds is 9. The summed E-state index contributed by atoms with van der Waals surface area (Å²) in [5.41, 5.74) is 2.40. The number of nitrogens with zero attached hydrogens (tertiary/aromatic N) is 3. The molecule has 0 unspecified atom stereocenters. The molecule has 3 rings (SSSR count). The number of thioether (sulfide) groups is 1. The van der Waals surface area contributed by atoms with Crippen LogP contribution < -0.4 is 5.32 Å². The molecule has 0 radical (unpaired) electrons. The van der Waals surface area contributed by atoms with Crippen LogP contribution in [0.2, 0.25) is 0 Å². The standard InChI is InChI=1S/C20H28N4O5S2/c1-15-16(2)24(9-10-28-3)20(21-15)30-14-19(25)22-17-5-4-6-18(13-17)31(26,27)23-7-11-29-12-8-23/h4-6,13H,7-12,14H2,1-3H3,(H,22,25). The number of ether oxygens (including phenoxy) is 2. The summed E-state index contributed by atoms with van der Waals surface area (Å²) in [5.74, 6) is -0.0777. The lowest BCUT2D eigenvalue weighted by atomic mass is 10.3. The van der Waals surface area contributed by atoms with Gasteiger partial charge in [-0.1, -0.05) is 17.8 Å². The van der Waals surface area contributed by atoms with Gasteiger partial charge in [-0.05, 0) is 32.0 Å². The van der Waals surface area contributed by atoms with Crippen molar-refractivity contribution in [2.24, 2.45) is 0 Å². The number of carbonyl (C=O) groups is 1. The van der Waals surface area contributed by atoms with Crippen molar-refractivity contribution in [1.29, 1.82) is 0 Å². The second-order valence-electron chi connectivity index (χ2n) is 7.09. The van der Waals surface area contributed by atoms with Crippen LogP contribution in [0.4, 0.5) is 5.69 Å². The number of nitrogens with one attached hydrogen (secondary N) is 1. The van der Waals surface area contributed by atoms with Gasteiger partial charge >= 0.3 is 0 Å². The van der Waals surface area contributed by atoms with Gasteiger partial charge in [0.25, 0.3) is 0 Å². The van der Waals surface area contributed by atoms with Gasteiger partial charge in [-0.15, -0.1) is 0 Å². The first-order chi connectivity index (χ1) is 14.8. The van der Waals surface area contributed by atoms with Crippen molar-refractivity contribution in [2.45, 2.75) is 30.4 Å². The zero-order valence-corrected chi connectivity index (χ0v) is 19.6. The summed E-state index contributed by atoms with van der Waals surface area (Å²) in [7, 11) is -1.97. The molecule has 9 nitrogen and oxygen atoms in total. The summed E-state index contributed by atoms with van der Waals surface area (Å²) >= 11 is 1.34. The zero-order valence-electron chi connectivity index (χ0n) is 18.0. The Labute approximate surface area is 187 Å². The van der Waals surface area contributed by atoms with Crippen molar-refractivity contribution in [1.82, 2.24) is 13.9 Å². The Hall–Kier alpha value is -1.92. The molecule has 0 atom stereocenters. The lowest BCUT2D eigenvalue weighted by Gasteiger charge is -2.26. The summed E-state index contributed by atoms with van der Waals surface area (Å²) < 4.78 is 39.5. The Morgan fingerprint density at radius 2 is 2.03 bits per heavy atom. The molecule has 2 heterocycles. The van der Waals surface area contributed by atoms with Gasteiger partial charge in [0.1, 0.15) is 0 Å². The molecule has 11 heteroatoms. The molecule has 0 saturated carbocycles. The lowest BCUT2D eigenvalue weighted by molar-refractivity contribution is -0.113. The van der Waals surface area contributed by atoms with E-state index in [0.717, 1.165) is 16.5 Å². The fraction of sp³-hybridized carbons (Fsp3) is 0.500. The van der Waals surface area contributed by atoms with E-state index in [9.17, 15) is 13.2 Å². The van der Waals surface area contributed by atoms with E-state index in [-0.39, 0.29) is 16.6 Å². The van der Waals surface area contributed by atoms with E-state index >= 15 is 0 Å². The van der Waals surface area contributed by atoms with Gasteiger partial charge in [-0.2, -0.15) is 4.31 Å². The molecule has 0 aliphatic carbocycles. The van der Waals surface area contributed by atoms with Gasteiger partial charge in [-0.3, -0.25) is 4.79 Å². The third-order valence-corrected chi connectivity index (χ3v) is 7.87. The van der Waals surface area contributed by atoms with Crippen molar-refractivity contribution in [2.75, 3.05) is 51.1 Å². The molecular formula is C20H28N4O5S2. The largest absolute Gasteiger partial charge is 0.383 e. The number of aryl methyl sites for hydroxylation is 1. The van der Waals surface area contributed by atoms with Gasteiger partial charge < -0.3 is 19.4 Å². The number of aromatic nitrogens is 2. The number of imidazole rings is 1. The summed E-state index contributed by atoms with van der Waals surface area (Å²) in [5, 5.41) is 3.54. The highest BCUT2D eigenvalue weighted by Gasteiger charge is 2.26. The Balaban J connectivity index is 1.64. The van der Waals surface area contributed by atoms with Crippen LogP contribution in [-0.2, 0) is 30.8 Å². The maximum atomic E-state index is 12.8. The predicted octanol–water partition coefficient (Wildman–Crippen LogP) is 1.90. The van der Waals surface area contributed by atoms with Crippen LogP contribution in [-0.4, -0.2) is 74.0 Å². The minimum absolute atomic E-state index is 0.154. The van der Waals surface area contributed by atoms with Crippen LogP contribution in [0.25, 0.3) is 0 Å². The molecule has 1 amide bonds. The molecule has 0 bridgehead atoms. The highest BCUT2D eigenvalue weighted by Crippen LogP contribution is 2.23. The van der Waals surface area contributed by atoms with E-state index < -0.39 is 10.0 Å². The predicted molar refractivity (Wildman–Crippen MR) is 119 cm³/mol. The zero-order chi connectivity index (χ0) is 22.4. The third-order valence-electron chi connectivity index (χ3n) is 5.00. The second kappa shape index (κ2) is 10.6. The van der Waals surface area contributed by atoms with Crippen LogP contribution in [0.5, 0.6) is 0 Å². The SMILES string of the molecule is COCCn1c(SCC(=O)Nc2cccc(S(=O)(=O)N3CCOCC3)c2)nc(C)c1C. The summed E-state index contributed by atoms with van der Waals surface area (Å²) in [4.78, 5) is 17.2. The number of benzene rings is 1. The number of carbonyl (C=O) groups excluding carboxylic acids is 1. The fourth-order valence-corrected chi connectivity index (χ4v) is 5.55. The maximum absolute atomic E-state index is 12.8. The molecule has 0 spiro atoms. The van der Waals surface area contributed by atoms with Crippen LogP contribution in [0.1, 0.15) is 11.4 Å². The average Bonchev–Trinajstić information content (AvgIpc) is 3.04. The van der Waals surface area contributed by atoms with Crippen LogP contribution in [0.15, 0.2) is 34.3 Å². The lowest BCUT2D eigenvalue weighted by Crippen LogP contribution is -2.40. The first-order valence-electron chi connectivity index (χ1n) is 9.96. The Kier molecular flexibility index (Phi) is 8.11. The van der Waals surface area contributed by atoms with Gasteiger partial charge in [-0.25, -0.2) is 13.4 Å². The molecule has 1 saturated heterocycles. The maximum Gasteiger partial charge on any atom is 0.243 e. The number of methoxy groups -OCH3 is 1. The molecule has 1 N–H and O–H groups in total. The molecule has 170 valence electrons. The van der Waals surface area contributed by atoms with Gasteiger partial charge in [0.2, 0.25) is 15.9 Å². The van der Waals surface area contributed by atoms with Crippen LogP contribution in [0, 0.1) is 13.8 Å². The normalized spacial score (nSPS) is 15.2. The first-order valence-corrected chi connectivity index (χ1v) is 12.4. The van der Waals surface area contributed by atoms with E-state index in [0.29, 0.717) is 45.1 Å². The number of anilines is 1. The number of hydrogen-bond donors (Lipinski definition) is 1. The van der Waals surface area contributed by atoms with Crippen molar-refractivity contribution in [3.8, 4) is 0 Å². The smallest absolute Gasteiger partial charge is 0.243 e. The molecule has 31 heavy (non-hydrogen) atoms. The second-order valence-corrected chi connectivity index (χ2v) is 9.97. The highest BCUT2D eigenvalue weighted by molar-refractivity contribution is 7.99. The topological polar surface area (TPSA) is 103 Å². The number of morpholine rings is 1. The quantitative estimate of drug-likeness (QED) is 0.561. The monoisotopic (exact) mass is 468 g/mol. The number of hydrogen-bond acceptors (Lipinski definition) is 7. The first kappa shape index (κ1) is 23.7. The molecule has 1 aliphatic heterocycles. The van der Waals surface area contributed by atoms with Crippen LogP contribution >= 0.6 is 11.8 Å². The highest BCUT2D eigenvalue weighted by atomic mass is 32.2. The van der Waals surface area contributed by atoms with E-state index in [4.69, 9.17) is 9.47 Å². The van der Waals surface area contributed by atoms with E-state index in [1.807, 2.05) is 18.4 Å². The van der Waals surface area contributed by atoms with Gasteiger partial charge in [0.05, 0.1) is 36.2 Å². The van der Waals surface area contributed by atoms with Crippen molar-refractivity contribution in [3.05, 3.63) is 35.7 Å². The number of amides is 1. The summed E-state index contributed by atoms with van der Waals surface area (Å²) in [6, 6.07) is 6.32. The van der Waals surface area contributed by atoms with E-state index in [2.05, 4.69) is 10.3 Å². The minimum atomic E-state index is -3.62. The van der Waals surface area contributed by atoms with E-state index in [1.54, 1.807) is 19.2 Å². The number of sulfonamides is 1. The Morgan fingerprint density at radius 3 is 2.74 bits per heavy atom. The molecule has 1 aromatic heterocycles. The van der Waals surface area contributed by atoms with Gasteiger partial charge in [0, 0.05) is 38.1 Å². The third kappa shape index (κ3) is 5.86. The summed E-state index contributed by atoms with van der Waals surface area (Å²) in [6.07, 6.45) is 0. The fourth-order valence-electron chi connectivity index (χ4n) is 3.18.